The van der Waals surface area contributed by atoms with Crippen LogP contribution in [0, 0.1) is 5.92 Å². The summed E-state index contributed by atoms with van der Waals surface area (Å²) >= 11 is 0. The van der Waals surface area contributed by atoms with Crippen LogP contribution in [0.1, 0.15) is 90.2 Å². The van der Waals surface area contributed by atoms with Gasteiger partial charge in [0, 0.05) is 42.9 Å². The fourth-order valence-corrected chi connectivity index (χ4v) is 11.9. The summed E-state index contributed by atoms with van der Waals surface area (Å²) in [7, 11) is 2.43. The van der Waals surface area contributed by atoms with Crippen molar-refractivity contribution >= 4 is 86.6 Å². The highest BCUT2D eigenvalue weighted by Crippen LogP contribution is 2.44. The van der Waals surface area contributed by atoms with E-state index in [9.17, 15) is 53.1 Å². The van der Waals surface area contributed by atoms with Gasteiger partial charge in [-0.05, 0) is 67.7 Å². The molecular formula is C50H73N13O11S2. The first-order valence-electron chi connectivity index (χ1n) is 25.2. The van der Waals surface area contributed by atoms with Crippen molar-refractivity contribution in [3.05, 3.63) is 65.7 Å². The highest BCUT2D eigenvalue weighted by Gasteiger charge is 2.42. The van der Waals surface area contributed by atoms with E-state index < -0.39 is 125 Å². The number of benzene rings is 2. The third-order valence-corrected chi connectivity index (χ3v) is 16.4. The maximum Gasteiger partial charge on any atom is 0.246 e. The number of carbonyl (C=O) groups excluding carboxylic acids is 10. The zero-order valence-corrected chi connectivity index (χ0v) is 44.9. The molecule has 2 heterocycles. The predicted molar refractivity (Wildman–Crippen MR) is 287 cm³/mol. The minimum Gasteiger partial charge on any atom is -0.508 e. The monoisotopic (exact) mass is 1100 g/mol. The van der Waals surface area contributed by atoms with Crippen LogP contribution in [0.5, 0.6) is 5.75 Å². The normalized spacial score (nSPS) is 22.3. The van der Waals surface area contributed by atoms with Crippen molar-refractivity contribution in [2.75, 3.05) is 25.4 Å². The molecule has 0 unspecified atom stereocenters. The van der Waals surface area contributed by atoms with E-state index in [-0.39, 0.29) is 69.1 Å². The summed E-state index contributed by atoms with van der Waals surface area (Å²) in [6.07, 6.45) is 0.700. The molecule has 2 aromatic carbocycles. The molecule has 26 heteroatoms. The molecule has 2 saturated heterocycles. The number of phenols is 1. The van der Waals surface area contributed by atoms with E-state index in [2.05, 4.69) is 42.2 Å². The molecule has 2 aliphatic rings. The number of carbonyl (C=O) groups is 10. The van der Waals surface area contributed by atoms with Gasteiger partial charge in [0.15, 0.2) is 5.96 Å². The minimum absolute atomic E-state index is 0.0144. The molecule has 4 rings (SSSR count). The maximum atomic E-state index is 14.8. The standard InChI is InChI=1S/C50H73N13O11S2/c1-5-50(6-2)25-40(67)57-33(23-30-16-18-31(64)19-17-30)43(69)59-34(22-29-12-8-7-9-13-29)45(71)62-41(28(3)4)47(73)60-35(24-38(51)65)44(70)61-36(27-75-76-50)48(74)63-21-11-15-37(63)46(72)58-32(14-10-20-55-49(53)54)42(68)56-26-39(52)66/h7-9,12-13,16-19,28,32-37,41,64H,5-6,10-11,14-15,20-27H2,1-4H3,(H2,51,65)(H2,52,66)(H,56,68)(H,57,67)(H,58,72)(H,59,69)(H,60,73)(H,61,70)(H,62,71)(H4,53,54,55)/t32-,33+,34-,35-,36-,37+,41+/m1/s1. The van der Waals surface area contributed by atoms with Crippen LogP contribution >= 0.6 is 21.6 Å². The summed E-state index contributed by atoms with van der Waals surface area (Å²) in [5.41, 5.74) is 23.0. The van der Waals surface area contributed by atoms with Crippen LogP contribution in [0.3, 0.4) is 0 Å². The molecule has 0 aliphatic carbocycles. The van der Waals surface area contributed by atoms with Crippen LogP contribution in [-0.4, -0.2) is 147 Å². The van der Waals surface area contributed by atoms with Crippen LogP contribution in [0.4, 0.5) is 0 Å². The summed E-state index contributed by atoms with van der Waals surface area (Å²) in [5.74, 6) is -8.85. The third-order valence-electron chi connectivity index (χ3n) is 12.9. The van der Waals surface area contributed by atoms with E-state index in [1.54, 1.807) is 56.3 Å². The Balaban J connectivity index is 1.75. The van der Waals surface area contributed by atoms with Crippen LogP contribution in [0.25, 0.3) is 0 Å². The fraction of sp³-hybridized carbons (Fsp3) is 0.540. The van der Waals surface area contributed by atoms with Crippen molar-refractivity contribution in [3.63, 3.8) is 0 Å². The fourth-order valence-electron chi connectivity index (χ4n) is 8.57. The molecule has 76 heavy (non-hydrogen) atoms. The van der Waals surface area contributed by atoms with Gasteiger partial charge in [-0.2, -0.15) is 0 Å². The molecule has 2 fully saturated rings. The zero-order valence-electron chi connectivity index (χ0n) is 43.3. The van der Waals surface area contributed by atoms with E-state index in [4.69, 9.17) is 22.9 Å². The highest BCUT2D eigenvalue weighted by atomic mass is 33.1. The van der Waals surface area contributed by atoms with Crippen molar-refractivity contribution in [1.82, 2.24) is 42.1 Å². The third kappa shape index (κ3) is 19.2. The van der Waals surface area contributed by atoms with Gasteiger partial charge in [0.1, 0.15) is 48.0 Å². The van der Waals surface area contributed by atoms with E-state index in [1.165, 1.54) is 27.8 Å². The molecule has 0 radical (unpaired) electrons. The maximum absolute atomic E-state index is 14.8. The van der Waals surface area contributed by atoms with Crippen molar-refractivity contribution < 1.29 is 53.1 Å². The molecule has 0 aromatic heterocycles. The van der Waals surface area contributed by atoms with Crippen LogP contribution in [-0.2, 0) is 60.8 Å². The van der Waals surface area contributed by atoms with Gasteiger partial charge in [-0.1, -0.05) is 91.7 Å². The summed E-state index contributed by atoms with van der Waals surface area (Å²) in [6.45, 7) is 6.66. The van der Waals surface area contributed by atoms with Crippen molar-refractivity contribution in [3.8, 4) is 5.75 Å². The zero-order chi connectivity index (χ0) is 56.1. The number of aromatic hydroxyl groups is 1. The number of primary amides is 2. The lowest BCUT2D eigenvalue weighted by Crippen LogP contribution is -2.61. The smallest absolute Gasteiger partial charge is 0.246 e. The number of nitrogens with one attached hydrogen (secondary N) is 7. The second-order valence-corrected chi connectivity index (χ2v) is 21.9. The van der Waals surface area contributed by atoms with Gasteiger partial charge in [-0.25, -0.2) is 0 Å². The molecule has 24 nitrogen and oxygen atoms in total. The molecule has 0 saturated carbocycles. The lowest BCUT2D eigenvalue weighted by molar-refractivity contribution is -0.142. The Morgan fingerprint density at radius 2 is 1.39 bits per heavy atom. The molecule has 0 spiro atoms. The molecule has 0 bridgehead atoms. The predicted octanol–water partition coefficient (Wildman–Crippen LogP) is -1.39. The first kappa shape index (κ1) is 61.5. The number of hydrogen-bond donors (Lipinski definition) is 12. The Morgan fingerprint density at radius 3 is 2.00 bits per heavy atom. The second-order valence-electron chi connectivity index (χ2n) is 19.1. The average molecular weight is 1100 g/mol. The molecular weight excluding hydrogens is 1020 g/mol. The number of nitrogens with zero attached hydrogens (tertiary/aromatic N) is 2. The topological polar surface area (TPSA) is 395 Å². The number of phenolic OH excluding ortho intramolecular Hbond substituents is 1. The summed E-state index contributed by atoms with van der Waals surface area (Å²) in [4.78, 5) is 143. The number of guanidine groups is 1. The van der Waals surface area contributed by atoms with Gasteiger partial charge in [0.25, 0.3) is 0 Å². The van der Waals surface area contributed by atoms with Gasteiger partial charge in [-0.15, -0.1) is 0 Å². The molecule has 16 N–H and O–H groups in total. The van der Waals surface area contributed by atoms with Crippen LogP contribution in [0.2, 0.25) is 0 Å². The number of likely N-dealkylation sites (tertiary alicyclic amines) is 1. The SMILES string of the molecule is CCC1(CC)CC(=O)N[C@@H](Cc2ccc(O)cc2)C(=O)N[C@H](Cc2ccccc2)C(=O)N[C@@H](C(C)C)C(=O)N[C@H](CC(N)=O)C(=O)N[C@@H](C(=O)N2CCC[C@H]2C(=O)N[C@H](CCCN=C(N)N)C(=O)NCC(N)=O)CSS1. The molecule has 416 valence electrons. The molecule has 2 aromatic rings. The average Bonchev–Trinajstić information content (AvgIpc) is 3.87. The lowest BCUT2D eigenvalue weighted by atomic mass is 9.96. The Bertz CT molecular complexity index is 2410. The van der Waals surface area contributed by atoms with E-state index in [0.717, 1.165) is 10.8 Å². The quantitative estimate of drug-likeness (QED) is 0.0334. The Labute approximate surface area is 449 Å². The largest absolute Gasteiger partial charge is 0.508 e. The number of aliphatic imine (C=N–C) groups is 1. The number of rotatable bonds is 19. The van der Waals surface area contributed by atoms with Crippen LogP contribution in [0.15, 0.2) is 59.6 Å². The van der Waals surface area contributed by atoms with E-state index >= 15 is 0 Å². The highest BCUT2D eigenvalue weighted by molar-refractivity contribution is 8.77. The van der Waals surface area contributed by atoms with Crippen molar-refractivity contribution in [1.29, 1.82) is 0 Å². The number of hydrogen-bond acceptors (Lipinski definition) is 14. The second kappa shape index (κ2) is 29.9. The Kier molecular flexibility index (Phi) is 24.1. The number of amides is 10. The van der Waals surface area contributed by atoms with Gasteiger partial charge in [0.05, 0.1) is 13.0 Å². The van der Waals surface area contributed by atoms with Gasteiger partial charge >= 0.3 is 0 Å². The first-order chi connectivity index (χ1) is 36.0. The summed E-state index contributed by atoms with van der Waals surface area (Å²) in [5, 5.41) is 28.7. The molecule has 7 atom stereocenters. The van der Waals surface area contributed by atoms with E-state index in [1.807, 2.05) is 13.8 Å². The summed E-state index contributed by atoms with van der Waals surface area (Å²) < 4.78 is -0.821. The molecule has 2 aliphatic heterocycles. The van der Waals surface area contributed by atoms with Gasteiger partial charge in [-0.3, -0.25) is 52.9 Å². The Hall–Kier alpha value is -7.09. The number of nitrogens with two attached hydrogens (primary N) is 4. The Morgan fingerprint density at radius 1 is 0.789 bits per heavy atom. The van der Waals surface area contributed by atoms with Crippen molar-refractivity contribution in [2.24, 2.45) is 33.8 Å². The summed E-state index contributed by atoms with van der Waals surface area (Å²) in [6, 6.07) is 5.52. The van der Waals surface area contributed by atoms with Crippen LogP contribution < -0.4 is 60.2 Å². The molecule has 10 amide bonds. The van der Waals surface area contributed by atoms with Gasteiger partial charge < -0.3 is 70.2 Å². The van der Waals surface area contributed by atoms with E-state index in [0.29, 0.717) is 30.4 Å². The first-order valence-corrected chi connectivity index (χ1v) is 27.5. The minimum atomic E-state index is -1.67. The van der Waals surface area contributed by atoms with Crippen molar-refractivity contribution in [2.45, 2.75) is 139 Å². The lowest BCUT2D eigenvalue weighted by Gasteiger charge is -2.33. The van der Waals surface area contributed by atoms with Gasteiger partial charge in [0.2, 0.25) is 59.1 Å².